The predicted octanol–water partition coefficient (Wildman–Crippen LogP) is 2.19. The standard InChI is InChI=1S/C15H23F3N4O/c1-11(6-9-21-8-3-7-19-21)20-13-4-5-14(15(16,17)18)22(10-13)12(2)23/h3,7-8,11,13-14,20H,4-6,9-10H2,1-2H3. The van der Waals surface area contributed by atoms with Gasteiger partial charge in [0.25, 0.3) is 0 Å². The smallest absolute Gasteiger partial charge is 0.329 e. The molecule has 130 valence electrons. The third-order valence-electron chi connectivity index (χ3n) is 4.23. The number of hydrogen-bond donors (Lipinski definition) is 1. The molecule has 1 N–H and O–H groups in total. The third kappa shape index (κ3) is 4.95. The third-order valence-corrected chi connectivity index (χ3v) is 4.23. The lowest BCUT2D eigenvalue weighted by Gasteiger charge is -2.41. The van der Waals surface area contributed by atoms with Crippen LogP contribution in [0.3, 0.4) is 0 Å². The Hall–Kier alpha value is -1.57. The first-order chi connectivity index (χ1) is 10.8. The van der Waals surface area contributed by atoms with Crippen molar-refractivity contribution in [1.29, 1.82) is 0 Å². The molecule has 1 aliphatic rings. The second kappa shape index (κ2) is 7.33. The van der Waals surface area contributed by atoms with Gasteiger partial charge in [0, 0.05) is 44.5 Å². The van der Waals surface area contributed by atoms with Gasteiger partial charge in [-0.2, -0.15) is 18.3 Å². The Morgan fingerprint density at radius 3 is 2.74 bits per heavy atom. The maximum Gasteiger partial charge on any atom is 0.408 e. The Bertz CT molecular complexity index is 503. The van der Waals surface area contributed by atoms with Crippen LogP contribution in [0.25, 0.3) is 0 Å². The lowest BCUT2D eigenvalue weighted by molar-refractivity contribution is -0.196. The zero-order valence-electron chi connectivity index (χ0n) is 13.4. The van der Waals surface area contributed by atoms with Crippen LogP contribution in [0.15, 0.2) is 18.5 Å². The summed E-state index contributed by atoms with van der Waals surface area (Å²) < 4.78 is 40.8. The van der Waals surface area contributed by atoms with E-state index in [2.05, 4.69) is 10.4 Å². The maximum atomic E-state index is 13.0. The summed E-state index contributed by atoms with van der Waals surface area (Å²) in [7, 11) is 0. The fourth-order valence-corrected chi connectivity index (χ4v) is 3.04. The number of piperidine rings is 1. The van der Waals surface area contributed by atoms with E-state index in [0.717, 1.165) is 17.9 Å². The van der Waals surface area contributed by atoms with E-state index < -0.39 is 18.1 Å². The molecule has 0 spiro atoms. The topological polar surface area (TPSA) is 50.2 Å². The highest BCUT2D eigenvalue weighted by Crippen LogP contribution is 2.32. The predicted molar refractivity (Wildman–Crippen MR) is 79.7 cm³/mol. The average molecular weight is 332 g/mol. The van der Waals surface area contributed by atoms with Crippen molar-refractivity contribution >= 4 is 5.91 Å². The minimum atomic E-state index is -4.36. The molecule has 1 aromatic rings. The first kappa shape index (κ1) is 17.8. The summed E-state index contributed by atoms with van der Waals surface area (Å²) in [5, 5.41) is 7.45. The number of rotatable bonds is 5. The fourth-order valence-electron chi connectivity index (χ4n) is 3.04. The molecule has 0 radical (unpaired) electrons. The van der Waals surface area contributed by atoms with Crippen molar-refractivity contribution < 1.29 is 18.0 Å². The Labute approximate surface area is 133 Å². The van der Waals surface area contributed by atoms with E-state index in [-0.39, 0.29) is 25.0 Å². The van der Waals surface area contributed by atoms with Crippen LogP contribution in [0.2, 0.25) is 0 Å². The zero-order chi connectivity index (χ0) is 17.0. The average Bonchev–Trinajstić information content (AvgIpc) is 2.97. The molecule has 1 aliphatic heterocycles. The van der Waals surface area contributed by atoms with Crippen LogP contribution in [-0.2, 0) is 11.3 Å². The first-order valence-electron chi connectivity index (χ1n) is 7.84. The summed E-state index contributed by atoms with van der Waals surface area (Å²) in [6, 6.07) is 0.226. The van der Waals surface area contributed by atoms with E-state index in [1.165, 1.54) is 6.92 Å². The van der Waals surface area contributed by atoms with E-state index in [1.807, 2.05) is 23.9 Å². The SMILES string of the molecule is CC(=O)N1CC(NC(C)CCn2cccn2)CCC1C(F)(F)F. The highest BCUT2D eigenvalue weighted by molar-refractivity contribution is 5.74. The number of alkyl halides is 3. The summed E-state index contributed by atoms with van der Waals surface area (Å²) in [6.07, 6.45) is 0.413. The molecular formula is C15H23F3N4O. The van der Waals surface area contributed by atoms with Gasteiger partial charge in [-0.1, -0.05) is 0 Å². The molecule has 1 saturated heterocycles. The van der Waals surface area contributed by atoms with Crippen LogP contribution in [0.4, 0.5) is 13.2 Å². The molecule has 5 nitrogen and oxygen atoms in total. The van der Waals surface area contributed by atoms with E-state index >= 15 is 0 Å². The molecule has 0 saturated carbocycles. The summed E-state index contributed by atoms with van der Waals surface area (Å²) in [5.74, 6) is -0.525. The van der Waals surface area contributed by atoms with Gasteiger partial charge in [0.1, 0.15) is 6.04 Å². The number of hydrogen-bond acceptors (Lipinski definition) is 3. The Morgan fingerprint density at radius 2 is 2.17 bits per heavy atom. The molecule has 0 aromatic carbocycles. The second-order valence-electron chi connectivity index (χ2n) is 6.13. The molecule has 0 bridgehead atoms. The fraction of sp³-hybridized carbons (Fsp3) is 0.733. The number of carbonyl (C=O) groups is 1. The van der Waals surface area contributed by atoms with Gasteiger partial charge in [0.05, 0.1) is 0 Å². The van der Waals surface area contributed by atoms with Crippen molar-refractivity contribution in [3.05, 3.63) is 18.5 Å². The van der Waals surface area contributed by atoms with Gasteiger partial charge in [0.2, 0.25) is 5.91 Å². The van der Waals surface area contributed by atoms with Crippen molar-refractivity contribution in [3.63, 3.8) is 0 Å². The van der Waals surface area contributed by atoms with Gasteiger partial charge < -0.3 is 10.2 Å². The van der Waals surface area contributed by atoms with Crippen molar-refractivity contribution in [3.8, 4) is 0 Å². The Balaban J connectivity index is 1.85. The van der Waals surface area contributed by atoms with Crippen LogP contribution in [0.5, 0.6) is 0 Å². The van der Waals surface area contributed by atoms with E-state index in [9.17, 15) is 18.0 Å². The number of likely N-dealkylation sites (tertiary alicyclic amines) is 1. The molecular weight excluding hydrogens is 309 g/mol. The van der Waals surface area contributed by atoms with Crippen LogP contribution in [0.1, 0.15) is 33.1 Å². The van der Waals surface area contributed by atoms with Gasteiger partial charge in [0.15, 0.2) is 0 Å². The number of aromatic nitrogens is 2. The van der Waals surface area contributed by atoms with Gasteiger partial charge in [-0.3, -0.25) is 9.48 Å². The molecule has 0 aliphatic carbocycles. The van der Waals surface area contributed by atoms with Crippen LogP contribution in [-0.4, -0.2) is 51.4 Å². The normalized spacial score (nSPS) is 23.8. The van der Waals surface area contributed by atoms with E-state index in [0.29, 0.717) is 6.42 Å². The minimum absolute atomic E-state index is 0.0490. The van der Waals surface area contributed by atoms with E-state index in [4.69, 9.17) is 0 Å². The molecule has 1 fully saturated rings. The Kier molecular flexibility index (Phi) is 5.67. The number of aryl methyl sites for hydroxylation is 1. The molecule has 3 atom stereocenters. The lowest BCUT2D eigenvalue weighted by Crippen LogP contribution is -2.58. The van der Waals surface area contributed by atoms with Gasteiger partial charge in [-0.15, -0.1) is 0 Å². The molecule has 23 heavy (non-hydrogen) atoms. The monoisotopic (exact) mass is 332 g/mol. The number of amides is 1. The lowest BCUT2D eigenvalue weighted by atomic mass is 9.96. The largest absolute Gasteiger partial charge is 0.408 e. The van der Waals surface area contributed by atoms with Crippen molar-refractivity contribution in [2.75, 3.05) is 6.54 Å². The van der Waals surface area contributed by atoms with Crippen molar-refractivity contribution in [2.45, 2.75) is 64.0 Å². The molecule has 2 rings (SSSR count). The highest BCUT2D eigenvalue weighted by atomic mass is 19.4. The molecule has 1 amide bonds. The molecule has 8 heteroatoms. The molecule has 2 heterocycles. The summed E-state index contributed by atoms with van der Waals surface area (Å²) >= 11 is 0. The highest BCUT2D eigenvalue weighted by Gasteiger charge is 2.47. The van der Waals surface area contributed by atoms with Gasteiger partial charge >= 0.3 is 6.18 Å². The van der Waals surface area contributed by atoms with Crippen LogP contribution >= 0.6 is 0 Å². The van der Waals surface area contributed by atoms with Gasteiger partial charge in [-0.25, -0.2) is 0 Å². The molecule has 1 aromatic heterocycles. The molecule has 3 unspecified atom stereocenters. The number of carbonyl (C=O) groups excluding carboxylic acids is 1. The number of halogens is 3. The van der Waals surface area contributed by atoms with Crippen LogP contribution in [0, 0.1) is 0 Å². The maximum absolute atomic E-state index is 13.0. The van der Waals surface area contributed by atoms with Crippen molar-refractivity contribution in [2.24, 2.45) is 0 Å². The number of nitrogens with one attached hydrogen (secondary N) is 1. The second-order valence-corrected chi connectivity index (χ2v) is 6.13. The summed E-state index contributed by atoms with van der Waals surface area (Å²) in [4.78, 5) is 12.5. The van der Waals surface area contributed by atoms with Gasteiger partial charge in [-0.05, 0) is 32.3 Å². The summed E-state index contributed by atoms with van der Waals surface area (Å²) in [5.41, 5.74) is 0. The minimum Gasteiger partial charge on any atom is -0.329 e. The summed E-state index contributed by atoms with van der Waals surface area (Å²) in [6.45, 7) is 4.04. The zero-order valence-corrected chi connectivity index (χ0v) is 13.4. The van der Waals surface area contributed by atoms with E-state index in [1.54, 1.807) is 6.20 Å². The Morgan fingerprint density at radius 1 is 1.43 bits per heavy atom. The van der Waals surface area contributed by atoms with Crippen LogP contribution < -0.4 is 5.32 Å². The van der Waals surface area contributed by atoms with Crippen molar-refractivity contribution in [1.82, 2.24) is 20.0 Å². The number of nitrogens with zero attached hydrogens (tertiary/aromatic N) is 3. The quantitative estimate of drug-likeness (QED) is 0.899. The first-order valence-corrected chi connectivity index (χ1v) is 7.84.